The molecule has 3 aromatic rings. The van der Waals surface area contributed by atoms with E-state index in [4.69, 9.17) is 9.73 Å². The number of amides is 1. The highest BCUT2D eigenvalue weighted by atomic mass is 19.1. The molecule has 1 saturated carbocycles. The van der Waals surface area contributed by atoms with Gasteiger partial charge in [-0.25, -0.2) is 14.4 Å². The zero-order valence-corrected chi connectivity index (χ0v) is 19.3. The number of methoxy groups -OCH3 is 1. The summed E-state index contributed by atoms with van der Waals surface area (Å²) >= 11 is 0. The summed E-state index contributed by atoms with van der Waals surface area (Å²) in [5.41, 5.74) is 3.85. The molecule has 2 aliphatic rings. The van der Waals surface area contributed by atoms with Gasteiger partial charge in [-0.1, -0.05) is 18.2 Å². The number of rotatable bonds is 6. The fourth-order valence-corrected chi connectivity index (χ4v) is 4.00. The molecule has 0 spiro atoms. The highest BCUT2D eigenvalue weighted by molar-refractivity contribution is 6.15. The van der Waals surface area contributed by atoms with Crippen molar-refractivity contribution in [3.63, 3.8) is 0 Å². The van der Waals surface area contributed by atoms with Gasteiger partial charge in [-0.2, -0.15) is 0 Å². The number of carbonyl (C=O) groups excluding carboxylic acids is 1. The monoisotopic (exact) mass is 459 g/mol. The van der Waals surface area contributed by atoms with Crippen LogP contribution in [0.1, 0.15) is 42.6 Å². The predicted octanol–water partition coefficient (Wildman–Crippen LogP) is 4.38. The van der Waals surface area contributed by atoms with E-state index in [0.717, 1.165) is 35.3 Å². The van der Waals surface area contributed by atoms with E-state index in [1.165, 1.54) is 12.1 Å². The van der Waals surface area contributed by atoms with Gasteiger partial charge in [-0.3, -0.25) is 9.69 Å². The van der Waals surface area contributed by atoms with E-state index in [9.17, 15) is 9.18 Å². The van der Waals surface area contributed by atoms with Crippen LogP contribution < -0.4 is 10.1 Å². The molecule has 1 N–H and O–H groups in total. The van der Waals surface area contributed by atoms with Crippen molar-refractivity contribution < 1.29 is 13.9 Å². The zero-order chi connectivity index (χ0) is 23.8. The molecule has 1 atom stereocenters. The quantitative estimate of drug-likeness (QED) is 0.556. The standard InChI is InChI=1S/C26H26FN5O2/c1-16-14-31(15-28-16)23-11-4-18(13-24(23)34-3)12-22-25(33)32(26(30-22)29-21-9-10-21)17(2)19-5-7-20(27)8-6-19/h4-8,11-15,17,21H,9-10H2,1-3H3,(H,29,30)/b22-12-/t17-/m0/s1. The van der Waals surface area contributed by atoms with Gasteiger partial charge < -0.3 is 14.6 Å². The first kappa shape index (κ1) is 21.9. The van der Waals surface area contributed by atoms with E-state index in [-0.39, 0.29) is 23.8 Å². The number of aryl methyl sites for hydroxylation is 1. The molecule has 1 amide bonds. The summed E-state index contributed by atoms with van der Waals surface area (Å²) in [5, 5.41) is 3.22. The first-order valence-corrected chi connectivity index (χ1v) is 11.3. The minimum atomic E-state index is -0.308. The van der Waals surface area contributed by atoms with Crippen LogP contribution in [-0.2, 0) is 4.79 Å². The second kappa shape index (κ2) is 8.78. The molecular weight excluding hydrogens is 433 g/mol. The van der Waals surface area contributed by atoms with Crippen LogP contribution in [0.3, 0.4) is 0 Å². The van der Waals surface area contributed by atoms with Crippen molar-refractivity contribution in [3.05, 3.63) is 83.3 Å². The number of nitrogens with one attached hydrogen (secondary N) is 1. The maximum absolute atomic E-state index is 13.4. The second-order valence-corrected chi connectivity index (χ2v) is 8.62. The molecular formula is C26H26FN5O2. The number of halogens is 1. The van der Waals surface area contributed by atoms with Crippen LogP contribution in [-0.4, -0.2) is 39.5 Å². The van der Waals surface area contributed by atoms with E-state index < -0.39 is 0 Å². The van der Waals surface area contributed by atoms with Crippen molar-refractivity contribution >= 4 is 17.9 Å². The number of ether oxygens (including phenoxy) is 1. The third-order valence-electron chi connectivity index (χ3n) is 6.02. The number of guanidine groups is 1. The summed E-state index contributed by atoms with van der Waals surface area (Å²) in [6.07, 6.45) is 7.50. The SMILES string of the molecule is COc1cc(/C=C2\N/C(=N\C3CC3)N([C@@H](C)c3ccc(F)cc3)C2=O)ccc1-n1cnc(C)c1. The minimum absolute atomic E-state index is 0.176. The lowest BCUT2D eigenvalue weighted by Crippen LogP contribution is -2.35. The molecule has 2 heterocycles. The first-order valence-electron chi connectivity index (χ1n) is 11.3. The summed E-state index contributed by atoms with van der Waals surface area (Å²) < 4.78 is 20.9. The third-order valence-corrected chi connectivity index (χ3v) is 6.02. The summed E-state index contributed by atoms with van der Waals surface area (Å²) in [6.45, 7) is 3.85. The van der Waals surface area contributed by atoms with Crippen LogP contribution in [0.4, 0.5) is 4.39 Å². The third kappa shape index (κ3) is 4.31. The Labute approximate surface area is 197 Å². The molecule has 2 fully saturated rings. The summed E-state index contributed by atoms with van der Waals surface area (Å²) in [6, 6.07) is 11.9. The van der Waals surface area contributed by atoms with Crippen molar-refractivity contribution in [3.8, 4) is 11.4 Å². The summed E-state index contributed by atoms with van der Waals surface area (Å²) in [4.78, 5) is 24.1. The molecule has 7 nitrogen and oxygen atoms in total. The number of benzene rings is 2. The van der Waals surface area contributed by atoms with Gasteiger partial charge >= 0.3 is 0 Å². The smallest absolute Gasteiger partial charge is 0.277 e. The van der Waals surface area contributed by atoms with Gasteiger partial charge in [0, 0.05) is 6.20 Å². The topological polar surface area (TPSA) is 71.8 Å². The fraction of sp³-hybridized carbons (Fsp3) is 0.269. The van der Waals surface area contributed by atoms with Crippen LogP contribution >= 0.6 is 0 Å². The Hall–Kier alpha value is -3.94. The molecule has 1 aliphatic heterocycles. The Bertz CT molecular complexity index is 1290. The molecule has 34 heavy (non-hydrogen) atoms. The van der Waals surface area contributed by atoms with Crippen molar-refractivity contribution in [2.24, 2.45) is 4.99 Å². The van der Waals surface area contributed by atoms with Crippen LogP contribution in [0.5, 0.6) is 5.75 Å². The molecule has 174 valence electrons. The summed E-state index contributed by atoms with van der Waals surface area (Å²) in [7, 11) is 1.62. The second-order valence-electron chi connectivity index (χ2n) is 8.62. The normalized spacial score (nSPS) is 19.1. The molecule has 8 heteroatoms. The number of carbonyl (C=O) groups is 1. The summed E-state index contributed by atoms with van der Waals surface area (Å²) in [5.74, 6) is 0.718. The molecule has 1 saturated heterocycles. The van der Waals surface area contributed by atoms with Gasteiger partial charge in [0.15, 0.2) is 0 Å². The van der Waals surface area contributed by atoms with Crippen LogP contribution in [0.2, 0.25) is 0 Å². The van der Waals surface area contributed by atoms with Crippen molar-refractivity contribution in [1.82, 2.24) is 19.8 Å². The molecule has 1 aromatic heterocycles. The Morgan fingerprint density at radius 2 is 2.00 bits per heavy atom. The fourth-order valence-electron chi connectivity index (χ4n) is 4.00. The Morgan fingerprint density at radius 3 is 2.65 bits per heavy atom. The predicted molar refractivity (Wildman–Crippen MR) is 128 cm³/mol. The lowest BCUT2D eigenvalue weighted by molar-refractivity contribution is -0.123. The van der Waals surface area contributed by atoms with Gasteiger partial charge in [0.2, 0.25) is 5.96 Å². The van der Waals surface area contributed by atoms with Crippen LogP contribution in [0.25, 0.3) is 11.8 Å². The average molecular weight is 460 g/mol. The number of imidazole rings is 1. The lowest BCUT2D eigenvalue weighted by Gasteiger charge is -2.23. The Morgan fingerprint density at radius 1 is 1.24 bits per heavy atom. The van der Waals surface area contributed by atoms with Gasteiger partial charge in [-0.15, -0.1) is 0 Å². The maximum Gasteiger partial charge on any atom is 0.277 e. The van der Waals surface area contributed by atoms with E-state index in [1.54, 1.807) is 36.5 Å². The van der Waals surface area contributed by atoms with E-state index in [2.05, 4.69) is 10.3 Å². The largest absolute Gasteiger partial charge is 0.495 e. The number of nitrogens with zero attached hydrogens (tertiary/aromatic N) is 4. The van der Waals surface area contributed by atoms with Crippen LogP contribution in [0, 0.1) is 12.7 Å². The van der Waals surface area contributed by atoms with Crippen LogP contribution in [0.15, 0.2) is 65.7 Å². The van der Waals surface area contributed by atoms with Crippen molar-refractivity contribution in [1.29, 1.82) is 0 Å². The maximum atomic E-state index is 13.4. The van der Waals surface area contributed by atoms with E-state index in [0.29, 0.717) is 17.4 Å². The number of hydrogen-bond donors (Lipinski definition) is 1. The number of aliphatic imine (C=N–C) groups is 1. The highest BCUT2D eigenvalue weighted by Gasteiger charge is 2.37. The molecule has 2 aromatic carbocycles. The number of aromatic nitrogens is 2. The van der Waals surface area contributed by atoms with Gasteiger partial charge in [-0.05, 0) is 68.2 Å². The number of hydrogen-bond acceptors (Lipinski definition) is 4. The van der Waals surface area contributed by atoms with E-state index >= 15 is 0 Å². The van der Waals surface area contributed by atoms with Crippen molar-refractivity contribution in [2.45, 2.75) is 38.8 Å². The molecule has 5 rings (SSSR count). The van der Waals surface area contributed by atoms with Crippen molar-refractivity contribution in [2.75, 3.05) is 7.11 Å². The van der Waals surface area contributed by atoms with Gasteiger partial charge in [0.1, 0.15) is 17.3 Å². The molecule has 0 radical (unpaired) electrons. The lowest BCUT2D eigenvalue weighted by atomic mass is 10.1. The minimum Gasteiger partial charge on any atom is -0.495 e. The molecule has 1 aliphatic carbocycles. The highest BCUT2D eigenvalue weighted by Crippen LogP contribution is 2.31. The van der Waals surface area contributed by atoms with E-state index in [1.807, 2.05) is 42.8 Å². The van der Waals surface area contributed by atoms with Gasteiger partial charge in [0.05, 0.1) is 36.9 Å². The average Bonchev–Trinajstić information content (AvgIpc) is 3.46. The molecule has 0 bridgehead atoms. The zero-order valence-electron chi connectivity index (χ0n) is 19.3. The van der Waals surface area contributed by atoms with Gasteiger partial charge in [0.25, 0.3) is 5.91 Å². The Balaban J connectivity index is 1.47. The molecule has 0 unspecified atom stereocenters. The Kier molecular flexibility index (Phi) is 5.65. The first-order chi connectivity index (χ1) is 16.4.